The number of benzene rings is 1. The first-order valence-corrected chi connectivity index (χ1v) is 7.77. The summed E-state index contributed by atoms with van der Waals surface area (Å²) in [6.07, 6.45) is -0.187. The number of nitrogens with zero attached hydrogens (tertiary/aromatic N) is 2. The number of hydrogen-bond acceptors (Lipinski definition) is 5. The summed E-state index contributed by atoms with van der Waals surface area (Å²) < 4.78 is 6.91. The van der Waals surface area contributed by atoms with Crippen molar-refractivity contribution in [1.82, 2.24) is 14.5 Å². The summed E-state index contributed by atoms with van der Waals surface area (Å²) in [4.78, 5) is 19.5. The van der Waals surface area contributed by atoms with E-state index in [1.54, 1.807) is 6.20 Å². The first-order chi connectivity index (χ1) is 11.7. The molecule has 4 rings (SSSR count). The molecule has 0 spiro atoms. The van der Waals surface area contributed by atoms with Crippen LogP contribution in [-0.4, -0.2) is 43.6 Å². The van der Waals surface area contributed by atoms with Crippen LogP contribution in [0.15, 0.2) is 47.4 Å². The van der Waals surface area contributed by atoms with Crippen molar-refractivity contribution in [3.8, 4) is 11.3 Å². The number of fused-ring (bicyclic) bond motifs is 1. The summed E-state index contributed by atoms with van der Waals surface area (Å²) in [7, 11) is 0. The molecule has 7 nitrogen and oxygen atoms in total. The standard InChI is InChI=1S/C17H17N3O4/c21-9-14-13(22)7-15(24-14)20-8-11-6-12(10-4-2-1-3-5-10)18-16(11)19-17(20)23/h1-6,8,13-15,21-22H,7,9H2,(H,18,19,23)/t13-,14+,15+/m0/s1. The predicted octanol–water partition coefficient (Wildman–Crippen LogP) is 1.03. The van der Waals surface area contributed by atoms with Gasteiger partial charge in [-0.1, -0.05) is 30.3 Å². The molecule has 2 aromatic heterocycles. The molecule has 1 aromatic carbocycles. The van der Waals surface area contributed by atoms with Crippen LogP contribution in [0.4, 0.5) is 0 Å². The highest BCUT2D eigenvalue weighted by Crippen LogP contribution is 2.28. The monoisotopic (exact) mass is 327 g/mol. The molecule has 1 saturated heterocycles. The van der Waals surface area contributed by atoms with Crippen LogP contribution in [0.3, 0.4) is 0 Å². The van der Waals surface area contributed by atoms with Gasteiger partial charge in [-0.3, -0.25) is 4.57 Å². The number of aliphatic hydroxyl groups excluding tert-OH is 2. The van der Waals surface area contributed by atoms with E-state index < -0.39 is 24.1 Å². The highest BCUT2D eigenvalue weighted by molar-refractivity contribution is 5.82. The van der Waals surface area contributed by atoms with Gasteiger partial charge in [0.2, 0.25) is 0 Å². The largest absolute Gasteiger partial charge is 0.394 e. The van der Waals surface area contributed by atoms with Crippen LogP contribution in [0.25, 0.3) is 22.3 Å². The Morgan fingerprint density at radius 3 is 2.83 bits per heavy atom. The summed E-state index contributed by atoms with van der Waals surface area (Å²) in [5.41, 5.74) is 1.92. The molecule has 124 valence electrons. The molecular formula is C17H17N3O4. The Morgan fingerprint density at radius 2 is 2.12 bits per heavy atom. The van der Waals surface area contributed by atoms with E-state index in [1.165, 1.54) is 4.57 Å². The maximum Gasteiger partial charge on any atom is 0.351 e. The number of aliphatic hydroxyl groups is 2. The van der Waals surface area contributed by atoms with E-state index in [0.717, 1.165) is 16.6 Å². The molecule has 0 bridgehead atoms. The Hall–Kier alpha value is -2.48. The molecule has 0 unspecified atom stereocenters. The number of nitrogens with one attached hydrogen (secondary N) is 1. The van der Waals surface area contributed by atoms with Crippen LogP contribution in [0.1, 0.15) is 12.6 Å². The lowest BCUT2D eigenvalue weighted by molar-refractivity contribution is -0.0457. The molecule has 1 fully saturated rings. The van der Waals surface area contributed by atoms with E-state index in [0.29, 0.717) is 5.65 Å². The van der Waals surface area contributed by atoms with Gasteiger partial charge < -0.3 is 19.9 Å². The number of ether oxygens (including phenoxy) is 1. The lowest BCUT2D eigenvalue weighted by Gasteiger charge is -2.14. The average molecular weight is 327 g/mol. The molecule has 3 aromatic rings. The topological polar surface area (TPSA) is 100 Å². The maximum absolute atomic E-state index is 12.3. The number of H-pyrrole nitrogens is 1. The molecule has 0 amide bonds. The molecule has 0 radical (unpaired) electrons. The highest BCUT2D eigenvalue weighted by atomic mass is 16.5. The molecule has 0 aliphatic carbocycles. The minimum atomic E-state index is -0.797. The van der Waals surface area contributed by atoms with Crippen LogP contribution >= 0.6 is 0 Å². The zero-order valence-corrected chi connectivity index (χ0v) is 12.8. The number of rotatable bonds is 3. The predicted molar refractivity (Wildman–Crippen MR) is 87.4 cm³/mol. The number of aromatic amines is 1. The van der Waals surface area contributed by atoms with Crippen molar-refractivity contribution in [3.63, 3.8) is 0 Å². The highest BCUT2D eigenvalue weighted by Gasteiger charge is 2.35. The second-order valence-corrected chi connectivity index (χ2v) is 5.90. The number of hydrogen-bond donors (Lipinski definition) is 3. The smallest absolute Gasteiger partial charge is 0.351 e. The molecule has 3 heterocycles. The van der Waals surface area contributed by atoms with Gasteiger partial charge in [-0.05, 0) is 11.6 Å². The third-order valence-electron chi connectivity index (χ3n) is 4.31. The van der Waals surface area contributed by atoms with E-state index >= 15 is 0 Å². The Balaban J connectivity index is 1.74. The first kappa shape index (κ1) is 15.1. The van der Waals surface area contributed by atoms with Crippen molar-refractivity contribution in [3.05, 3.63) is 53.1 Å². The van der Waals surface area contributed by atoms with Crippen molar-refractivity contribution in [1.29, 1.82) is 0 Å². The molecule has 1 aliphatic heterocycles. The summed E-state index contributed by atoms with van der Waals surface area (Å²) in [5.74, 6) is 0. The first-order valence-electron chi connectivity index (χ1n) is 7.77. The second kappa shape index (κ2) is 5.86. The van der Waals surface area contributed by atoms with Gasteiger partial charge in [0.25, 0.3) is 0 Å². The SMILES string of the molecule is O=c1nc2[nH]c(-c3ccccc3)cc2cn1[C@H]1C[C@H](O)[C@@H](CO)O1. The Labute approximate surface area is 137 Å². The van der Waals surface area contributed by atoms with E-state index in [-0.39, 0.29) is 13.0 Å². The van der Waals surface area contributed by atoms with Gasteiger partial charge in [-0.2, -0.15) is 4.98 Å². The molecule has 3 N–H and O–H groups in total. The normalized spacial score (nSPS) is 23.8. The van der Waals surface area contributed by atoms with Gasteiger partial charge in [-0.15, -0.1) is 0 Å². The Morgan fingerprint density at radius 1 is 1.33 bits per heavy atom. The van der Waals surface area contributed by atoms with Crippen molar-refractivity contribution in [2.24, 2.45) is 0 Å². The van der Waals surface area contributed by atoms with Crippen LogP contribution in [0, 0.1) is 0 Å². The molecule has 7 heteroatoms. The van der Waals surface area contributed by atoms with Gasteiger partial charge >= 0.3 is 5.69 Å². The fraction of sp³-hybridized carbons (Fsp3) is 0.294. The molecular weight excluding hydrogens is 310 g/mol. The summed E-state index contributed by atoms with van der Waals surface area (Å²) >= 11 is 0. The van der Waals surface area contributed by atoms with E-state index in [4.69, 9.17) is 4.74 Å². The average Bonchev–Trinajstić information content (AvgIpc) is 3.17. The lowest BCUT2D eigenvalue weighted by Crippen LogP contribution is -2.27. The van der Waals surface area contributed by atoms with Gasteiger partial charge in [0.15, 0.2) is 0 Å². The van der Waals surface area contributed by atoms with Crippen LogP contribution in [0.2, 0.25) is 0 Å². The van der Waals surface area contributed by atoms with Crippen molar-refractivity contribution in [2.75, 3.05) is 6.61 Å². The van der Waals surface area contributed by atoms with Gasteiger partial charge in [0.1, 0.15) is 18.0 Å². The van der Waals surface area contributed by atoms with Gasteiger partial charge in [-0.25, -0.2) is 4.79 Å². The quantitative estimate of drug-likeness (QED) is 0.667. The van der Waals surface area contributed by atoms with Crippen LogP contribution in [0.5, 0.6) is 0 Å². The minimum Gasteiger partial charge on any atom is -0.394 e. The summed E-state index contributed by atoms with van der Waals surface area (Å²) in [6, 6.07) is 11.7. The third-order valence-corrected chi connectivity index (χ3v) is 4.31. The second-order valence-electron chi connectivity index (χ2n) is 5.90. The maximum atomic E-state index is 12.3. The fourth-order valence-electron chi connectivity index (χ4n) is 3.04. The minimum absolute atomic E-state index is 0.244. The molecule has 1 aliphatic rings. The van der Waals surface area contributed by atoms with E-state index in [1.807, 2.05) is 36.4 Å². The van der Waals surface area contributed by atoms with Crippen molar-refractivity contribution >= 4 is 11.0 Å². The van der Waals surface area contributed by atoms with Gasteiger partial charge in [0.05, 0.1) is 12.7 Å². The van der Waals surface area contributed by atoms with E-state index in [9.17, 15) is 15.0 Å². The fourth-order valence-corrected chi connectivity index (χ4v) is 3.04. The lowest BCUT2D eigenvalue weighted by atomic mass is 10.1. The summed E-state index contributed by atoms with van der Waals surface area (Å²) in [6.45, 7) is -0.287. The summed E-state index contributed by atoms with van der Waals surface area (Å²) in [5, 5.41) is 19.8. The van der Waals surface area contributed by atoms with Crippen molar-refractivity contribution < 1.29 is 14.9 Å². The molecule has 0 saturated carbocycles. The van der Waals surface area contributed by atoms with Crippen LogP contribution < -0.4 is 5.69 Å². The van der Waals surface area contributed by atoms with E-state index in [2.05, 4.69) is 9.97 Å². The zero-order valence-electron chi connectivity index (χ0n) is 12.8. The third kappa shape index (κ3) is 2.52. The molecule has 24 heavy (non-hydrogen) atoms. The Bertz CT molecular complexity index is 918. The van der Waals surface area contributed by atoms with Crippen molar-refractivity contribution in [2.45, 2.75) is 24.9 Å². The Kier molecular flexibility index (Phi) is 3.68. The van der Waals surface area contributed by atoms with Gasteiger partial charge in [0, 0.05) is 23.7 Å². The molecule has 3 atom stereocenters. The number of aromatic nitrogens is 3. The zero-order chi connectivity index (χ0) is 16.7. The van der Waals surface area contributed by atoms with Crippen LogP contribution in [-0.2, 0) is 4.74 Å².